The van der Waals surface area contributed by atoms with Crippen LogP contribution in [0, 0.1) is 5.92 Å². The van der Waals surface area contributed by atoms with E-state index in [-0.39, 0.29) is 36.8 Å². The van der Waals surface area contributed by atoms with E-state index in [2.05, 4.69) is 19.2 Å². The van der Waals surface area contributed by atoms with Gasteiger partial charge in [0, 0.05) is 11.4 Å². The molecule has 1 saturated heterocycles. The Labute approximate surface area is 135 Å². The van der Waals surface area contributed by atoms with Crippen LogP contribution >= 0.6 is 11.3 Å². The molecule has 2 heterocycles. The van der Waals surface area contributed by atoms with Gasteiger partial charge in [0.2, 0.25) is 0 Å². The number of hydrogen-bond donors (Lipinski definition) is 2. The van der Waals surface area contributed by atoms with Crippen molar-refractivity contribution in [1.29, 1.82) is 0 Å². The van der Waals surface area contributed by atoms with Gasteiger partial charge < -0.3 is 10.4 Å². The molecule has 1 aromatic heterocycles. The highest BCUT2D eigenvalue weighted by atomic mass is 32.2. The summed E-state index contributed by atoms with van der Waals surface area (Å²) in [6.45, 7) is 4.36. The topological polar surface area (TPSA) is 83.5 Å². The molecule has 1 amide bonds. The van der Waals surface area contributed by atoms with E-state index in [9.17, 15) is 18.3 Å². The monoisotopic (exact) mass is 345 g/mol. The van der Waals surface area contributed by atoms with Gasteiger partial charge in [0.25, 0.3) is 5.91 Å². The van der Waals surface area contributed by atoms with Gasteiger partial charge in [-0.25, -0.2) is 8.42 Å². The Hall–Kier alpha value is -0.920. The molecule has 22 heavy (non-hydrogen) atoms. The van der Waals surface area contributed by atoms with Crippen LogP contribution in [0.3, 0.4) is 0 Å². The van der Waals surface area contributed by atoms with E-state index in [1.165, 1.54) is 16.2 Å². The third-order valence-corrected chi connectivity index (χ3v) is 6.59. The van der Waals surface area contributed by atoms with Gasteiger partial charge in [-0.1, -0.05) is 13.8 Å². The van der Waals surface area contributed by atoms with Crippen LogP contribution in [0.5, 0.6) is 0 Å². The van der Waals surface area contributed by atoms with Gasteiger partial charge in [-0.3, -0.25) is 4.79 Å². The first-order valence-corrected chi connectivity index (χ1v) is 10.1. The maximum absolute atomic E-state index is 12.1. The van der Waals surface area contributed by atoms with Crippen LogP contribution in [0.25, 0.3) is 0 Å². The van der Waals surface area contributed by atoms with Gasteiger partial charge in [0.05, 0.1) is 22.0 Å². The molecule has 2 N–H and O–H groups in total. The molecule has 0 bridgehead atoms. The molecule has 0 atom stereocenters. The fraction of sp³-hybridized carbons (Fsp3) is 0.667. The molecule has 1 fully saturated rings. The predicted molar refractivity (Wildman–Crippen MR) is 88.0 cm³/mol. The van der Waals surface area contributed by atoms with Crippen LogP contribution in [0.1, 0.15) is 41.2 Å². The van der Waals surface area contributed by atoms with E-state index in [4.69, 9.17) is 0 Å². The normalized spacial score (nSPS) is 20.0. The molecule has 0 radical (unpaired) electrons. The van der Waals surface area contributed by atoms with Crippen LogP contribution in [0.15, 0.2) is 12.1 Å². The Morgan fingerprint density at radius 1 is 1.36 bits per heavy atom. The van der Waals surface area contributed by atoms with Crippen LogP contribution in [-0.2, 0) is 16.3 Å². The third-order valence-electron chi connectivity index (χ3n) is 3.83. The quantitative estimate of drug-likeness (QED) is 0.849. The van der Waals surface area contributed by atoms with E-state index in [1.807, 2.05) is 6.07 Å². The first-order chi connectivity index (χ1) is 10.2. The molecule has 5 nitrogen and oxygen atoms in total. The van der Waals surface area contributed by atoms with Crippen molar-refractivity contribution in [1.82, 2.24) is 5.32 Å². The molecule has 0 aliphatic carbocycles. The Kier molecular flexibility index (Phi) is 5.29. The summed E-state index contributed by atoms with van der Waals surface area (Å²) in [5.74, 6) is 0.301. The van der Waals surface area contributed by atoms with E-state index in [0.29, 0.717) is 10.8 Å². The van der Waals surface area contributed by atoms with Crippen molar-refractivity contribution in [2.24, 2.45) is 5.92 Å². The molecule has 7 heteroatoms. The lowest BCUT2D eigenvalue weighted by Crippen LogP contribution is -2.48. The Morgan fingerprint density at radius 3 is 2.59 bits per heavy atom. The molecule has 0 saturated carbocycles. The lowest BCUT2D eigenvalue weighted by molar-refractivity contribution is 0.0297. The van der Waals surface area contributed by atoms with Crippen LogP contribution < -0.4 is 5.32 Å². The van der Waals surface area contributed by atoms with Crippen LogP contribution in [0.2, 0.25) is 0 Å². The highest BCUT2D eigenvalue weighted by molar-refractivity contribution is 7.91. The van der Waals surface area contributed by atoms with Gasteiger partial charge in [-0.15, -0.1) is 11.3 Å². The fourth-order valence-corrected chi connectivity index (χ4v) is 5.16. The van der Waals surface area contributed by atoms with Crippen molar-refractivity contribution in [3.8, 4) is 0 Å². The summed E-state index contributed by atoms with van der Waals surface area (Å²) in [5, 5.41) is 13.1. The lowest BCUT2D eigenvalue weighted by atomic mass is 9.97. The summed E-state index contributed by atoms with van der Waals surface area (Å²) in [6, 6.07) is 3.76. The predicted octanol–water partition coefficient (Wildman–Crippen LogP) is 1.62. The van der Waals surface area contributed by atoms with Crippen molar-refractivity contribution >= 4 is 27.1 Å². The van der Waals surface area contributed by atoms with Crippen molar-refractivity contribution in [3.63, 3.8) is 0 Å². The van der Waals surface area contributed by atoms with Gasteiger partial charge in [0.15, 0.2) is 9.84 Å². The molecular weight excluding hydrogens is 322 g/mol. The number of hydrogen-bond acceptors (Lipinski definition) is 5. The van der Waals surface area contributed by atoms with Gasteiger partial charge in [-0.2, -0.15) is 0 Å². The number of nitrogens with one attached hydrogen (secondary N) is 1. The Balaban J connectivity index is 1.88. The number of carbonyl (C=O) groups excluding carboxylic acids is 1. The van der Waals surface area contributed by atoms with E-state index < -0.39 is 15.4 Å². The zero-order chi connectivity index (χ0) is 16.4. The molecular formula is C15H23NO4S2. The molecule has 0 aromatic carbocycles. The maximum atomic E-state index is 12.1. The molecule has 0 unspecified atom stereocenters. The summed E-state index contributed by atoms with van der Waals surface area (Å²) in [4.78, 5) is 13.9. The minimum Gasteiger partial charge on any atom is -0.388 e. The Bertz CT molecular complexity index is 620. The number of sulfone groups is 1. The van der Waals surface area contributed by atoms with Crippen molar-refractivity contribution < 1.29 is 18.3 Å². The van der Waals surface area contributed by atoms with E-state index in [0.717, 1.165) is 6.42 Å². The first-order valence-electron chi connectivity index (χ1n) is 7.49. The smallest absolute Gasteiger partial charge is 0.261 e. The molecule has 0 spiro atoms. The molecule has 1 aliphatic heterocycles. The number of thiophene rings is 1. The summed E-state index contributed by atoms with van der Waals surface area (Å²) in [6.07, 6.45) is 1.30. The maximum Gasteiger partial charge on any atom is 0.261 e. The van der Waals surface area contributed by atoms with Crippen LogP contribution in [-0.4, -0.2) is 43.1 Å². The number of aliphatic hydroxyl groups is 1. The number of carbonyl (C=O) groups is 1. The second-order valence-corrected chi connectivity index (χ2v) is 9.89. The van der Waals surface area contributed by atoms with E-state index >= 15 is 0 Å². The lowest BCUT2D eigenvalue weighted by Gasteiger charge is -2.31. The fourth-order valence-electron chi connectivity index (χ4n) is 2.44. The second kappa shape index (κ2) is 6.68. The molecule has 2 rings (SSSR count). The highest BCUT2D eigenvalue weighted by Crippen LogP contribution is 2.24. The summed E-state index contributed by atoms with van der Waals surface area (Å²) in [5.41, 5.74) is -1.11. The average molecular weight is 345 g/mol. The van der Waals surface area contributed by atoms with Gasteiger partial charge in [-0.05, 0) is 37.3 Å². The summed E-state index contributed by atoms with van der Waals surface area (Å²) >= 11 is 1.47. The second-order valence-electron chi connectivity index (χ2n) is 6.42. The van der Waals surface area contributed by atoms with Crippen LogP contribution in [0.4, 0.5) is 0 Å². The van der Waals surface area contributed by atoms with Crippen molar-refractivity contribution in [3.05, 3.63) is 21.9 Å². The zero-order valence-electron chi connectivity index (χ0n) is 13.0. The first kappa shape index (κ1) is 17.4. The Morgan fingerprint density at radius 2 is 2.00 bits per heavy atom. The third kappa shape index (κ3) is 4.79. The summed E-state index contributed by atoms with van der Waals surface area (Å²) in [7, 11) is -3.02. The van der Waals surface area contributed by atoms with Gasteiger partial charge >= 0.3 is 0 Å². The van der Waals surface area contributed by atoms with Crippen molar-refractivity contribution in [2.75, 3.05) is 18.1 Å². The number of rotatable bonds is 5. The minimum absolute atomic E-state index is 0.0170. The SMILES string of the molecule is CC(C)Cc1ccc(C(=O)NCC2(O)CCS(=O)(=O)CC2)s1. The average Bonchev–Trinajstić information content (AvgIpc) is 2.88. The molecule has 1 aliphatic rings. The van der Waals surface area contributed by atoms with E-state index in [1.54, 1.807) is 6.07 Å². The highest BCUT2D eigenvalue weighted by Gasteiger charge is 2.35. The summed E-state index contributed by atoms with van der Waals surface area (Å²) < 4.78 is 22.8. The minimum atomic E-state index is -3.02. The molecule has 1 aromatic rings. The van der Waals surface area contributed by atoms with Crippen molar-refractivity contribution in [2.45, 2.75) is 38.7 Å². The van der Waals surface area contributed by atoms with Gasteiger partial charge in [0.1, 0.15) is 0 Å². The standard InChI is InChI=1S/C15H23NO4S2/c1-11(2)9-12-3-4-13(21-12)14(17)16-10-15(18)5-7-22(19,20)8-6-15/h3-4,11,18H,5-10H2,1-2H3,(H,16,17). The molecule has 124 valence electrons. The number of amides is 1. The largest absolute Gasteiger partial charge is 0.388 e. The zero-order valence-corrected chi connectivity index (χ0v) is 14.6.